The lowest BCUT2D eigenvalue weighted by Crippen LogP contribution is -2.30. The fourth-order valence-corrected chi connectivity index (χ4v) is 1.46. The number of hydrogen-bond donors (Lipinski definition) is 1. The molecule has 1 aromatic rings. The Labute approximate surface area is 88.6 Å². The normalized spacial score (nSPS) is 12.5. The highest BCUT2D eigenvalue weighted by Crippen LogP contribution is 2.17. The number of aromatic amines is 1. The van der Waals surface area contributed by atoms with Crippen molar-refractivity contribution in [3.63, 3.8) is 0 Å². The molecule has 4 nitrogen and oxygen atoms in total. The summed E-state index contributed by atoms with van der Waals surface area (Å²) in [6.07, 6.45) is 1.65. The van der Waals surface area contributed by atoms with Gasteiger partial charge in [-0.1, -0.05) is 13.8 Å². The highest BCUT2D eigenvalue weighted by molar-refractivity contribution is 6.07. The topological polar surface area (TPSA) is 59.2 Å². The third-order valence-electron chi connectivity index (χ3n) is 2.27. The number of H-pyrrole nitrogens is 1. The molecular formula is C11H15NO3. The summed E-state index contributed by atoms with van der Waals surface area (Å²) in [5, 5.41) is 0. The lowest BCUT2D eigenvalue weighted by molar-refractivity contribution is -0.144. The van der Waals surface area contributed by atoms with Gasteiger partial charge in [0.1, 0.15) is 5.92 Å². The Balaban J connectivity index is 2.91. The maximum absolute atomic E-state index is 11.9. The van der Waals surface area contributed by atoms with Gasteiger partial charge in [-0.2, -0.15) is 0 Å². The molecule has 1 N–H and O–H groups in total. The van der Waals surface area contributed by atoms with E-state index in [4.69, 9.17) is 0 Å². The van der Waals surface area contributed by atoms with E-state index in [-0.39, 0.29) is 11.7 Å². The first-order valence-electron chi connectivity index (χ1n) is 4.83. The fourth-order valence-electron chi connectivity index (χ4n) is 1.46. The maximum Gasteiger partial charge on any atom is 0.316 e. The van der Waals surface area contributed by atoms with Gasteiger partial charge in [-0.05, 0) is 18.1 Å². The minimum Gasteiger partial charge on any atom is -0.468 e. The van der Waals surface area contributed by atoms with E-state index in [2.05, 4.69) is 9.72 Å². The van der Waals surface area contributed by atoms with Crippen LogP contribution in [0.3, 0.4) is 0 Å². The van der Waals surface area contributed by atoms with Crippen LogP contribution >= 0.6 is 0 Å². The van der Waals surface area contributed by atoms with Gasteiger partial charge in [0.15, 0.2) is 5.78 Å². The van der Waals surface area contributed by atoms with Crippen LogP contribution in [0.15, 0.2) is 18.3 Å². The number of aromatic nitrogens is 1. The summed E-state index contributed by atoms with van der Waals surface area (Å²) in [7, 11) is 1.29. The van der Waals surface area contributed by atoms with Gasteiger partial charge in [0.05, 0.1) is 12.8 Å². The molecule has 82 valence electrons. The van der Waals surface area contributed by atoms with Gasteiger partial charge in [-0.15, -0.1) is 0 Å². The number of esters is 1. The van der Waals surface area contributed by atoms with Crippen LogP contribution in [0.4, 0.5) is 0 Å². The van der Waals surface area contributed by atoms with E-state index in [0.29, 0.717) is 5.69 Å². The average molecular weight is 209 g/mol. The molecule has 0 fully saturated rings. The van der Waals surface area contributed by atoms with Crippen LogP contribution in [-0.2, 0) is 9.53 Å². The Bertz CT molecular complexity index is 341. The molecule has 0 aliphatic heterocycles. The Morgan fingerprint density at radius 2 is 2.07 bits per heavy atom. The number of ether oxygens (including phenoxy) is 1. The summed E-state index contributed by atoms with van der Waals surface area (Å²) in [4.78, 5) is 26.1. The number of hydrogen-bond acceptors (Lipinski definition) is 3. The van der Waals surface area contributed by atoms with Crippen LogP contribution < -0.4 is 0 Å². The molecule has 1 unspecified atom stereocenters. The Morgan fingerprint density at radius 1 is 1.40 bits per heavy atom. The van der Waals surface area contributed by atoms with Crippen molar-refractivity contribution in [3.8, 4) is 0 Å². The van der Waals surface area contributed by atoms with Crippen molar-refractivity contribution in [1.29, 1.82) is 0 Å². The number of Topliss-reactive ketones (excluding diaryl/α,β-unsaturated/α-hetero) is 1. The molecule has 0 aliphatic carbocycles. The van der Waals surface area contributed by atoms with Gasteiger partial charge in [0, 0.05) is 6.20 Å². The van der Waals surface area contributed by atoms with E-state index >= 15 is 0 Å². The van der Waals surface area contributed by atoms with Crippen LogP contribution in [0, 0.1) is 11.8 Å². The molecule has 1 aromatic heterocycles. The Kier molecular flexibility index (Phi) is 3.66. The van der Waals surface area contributed by atoms with E-state index in [1.165, 1.54) is 7.11 Å². The molecule has 1 rings (SSSR count). The molecule has 0 saturated carbocycles. The quantitative estimate of drug-likeness (QED) is 0.466. The van der Waals surface area contributed by atoms with E-state index in [1.54, 1.807) is 18.3 Å². The molecule has 0 aromatic carbocycles. The van der Waals surface area contributed by atoms with E-state index in [0.717, 1.165) is 0 Å². The zero-order chi connectivity index (χ0) is 11.4. The van der Waals surface area contributed by atoms with E-state index < -0.39 is 11.9 Å². The Morgan fingerprint density at radius 3 is 2.47 bits per heavy atom. The van der Waals surface area contributed by atoms with Gasteiger partial charge in [0.2, 0.25) is 0 Å². The summed E-state index contributed by atoms with van der Waals surface area (Å²) in [5.41, 5.74) is 0.444. The van der Waals surface area contributed by atoms with Gasteiger partial charge < -0.3 is 9.72 Å². The van der Waals surface area contributed by atoms with Crippen molar-refractivity contribution in [2.75, 3.05) is 7.11 Å². The molecule has 1 heterocycles. The second kappa shape index (κ2) is 4.77. The standard InChI is InChI=1S/C11H15NO3/c1-7(2)9(11(14)15-3)10(13)8-5-4-6-12-8/h4-7,9,12H,1-3H3. The number of carbonyl (C=O) groups is 2. The van der Waals surface area contributed by atoms with Crippen LogP contribution in [0.25, 0.3) is 0 Å². The monoisotopic (exact) mass is 209 g/mol. The van der Waals surface area contributed by atoms with Crippen molar-refractivity contribution in [2.24, 2.45) is 11.8 Å². The number of ketones is 1. The smallest absolute Gasteiger partial charge is 0.316 e. The summed E-state index contributed by atoms with van der Waals surface area (Å²) in [6, 6.07) is 3.38. The number of methoxy groups -OCH3 is 1. The predicted octanol–water partition coefficient (Wildman–Crippen LogP) is 1.64. The summed E-state index contributed by atoms with van der Waals surface area (Å²) >= 11 is 0. The SMILES string of the molecule is COC(=O)C(C(=O)c1ccc[nH]1)C(C)C. The molecule has 15 heavy (non-hydrogen) atoms. The van der Waals surface area contributed by atoms with Crippen LogP contribution in [0.2, 0.25) is 0 Å². The zero-order valence-electron chi connectivity index (χ0n) is 9.11. The van der Waals surface area contributed by atoms with Crippen molar-refractivity contribution in [2.45, 2.75) is 13.8 Å². The lowest BCUT2D eigenvalue weighted by Gasteiger charge is -2.15. The van der Waals surface area contributed by atoms with Gasteiger partial charge in [0.25, 0.3) is 0 Å². The molecule has 4 heteroatoms. The Hall–Kier alpha value is -1.58. The maximum atomic E-state index is 11.9. The molecule has 0 aliphatic rings. The second-order valence-corrected chi connectivity index (χ2v) is 3.69. The number of rotatable bonds is 4. The number of nitrogens with one attached hydrogen (secondary N) is 1. The molecule has 0 bridgehead atoms. The van der Waals surface area contributed by atoms with E-state index in [1.807, 2.05) is 13.8 Å². The van der Waals surface area contributed by atoms with Crippen LogP contribution in [-0.4, -0.2) is 23.8 Å². The van der Waals surface area contributed by atoms with Crippen molar-refractivity contribution >= 4 is 11.8 Å². The number of carbonyl (C=O) groups excluding carboxylic acids is 2. The molecular weight excluding hydrogens is 194 g/mol. The van der Waals surface area contributed by atoms with Crippen molar-refractivity contribution in [3.05, 3.63) is 24.0 Å². The van der Waals surface area contributed by atoms with Gasteiger partial charge >= 0.3 is 5.97 Å². The molecule has 0 amide bonds. The van der Waals surface area contributed by atoms with Crippen LogP contribution in [0.1, 0.15) is 24.3 Å². The van der Waals surface area contributed by atoms with Crippen molar-refractivity contribution < 1.29 is 14.3 Å². The van der Waals surface area contributed by atoms with Gasteiger partial charge in [-0.3, -0.25) is 9.59 Å². The second-order valence-electron chi connectivity index (χ2n) is 3.69. The zero-order valence-corrected chi connectivity index (χ0v) is 9.11. The highest BCUT2D eigenvalue weighted by Gasteiger charge is 2.31. The van der Waals surface area contributed by atoms with Crippen molar-refractivity contribution in [1.82, 2.24) is 4.98 Å². The summed E-state index contributed by atoms with van der Waals surface area (Å²) in [6.45, 7) is 3.64. The van der Waals surface area contributed by atoms with Gasteiger partial charge in [-0.25, -0.2) is 0 Å². The predicted molar refractivity (Wildman–Crippen MR) is 55.5 cm³/mol. The molecule has 0 spiro atoms. The minimum atomic E-state index is -0.728. The average Bonchev–Trinajstić information content (AvgIpc) is 2.69. The first kappa shape index (κ1) is 11.5. The third-order valence-corrected chi connectivity index (χ3v) is 2.27. The molecule has 0 radical (unpaired) electrons. The summed E-state index contributed by atoms with van der Waals surface area (Å²) in [5.74, 6) is -1.51. The first-order chi connectivity index (χ1) is 7.07. The third kappa shape index (κ3) is 2.46. The highest BCUT2D eigenvalue weighted by atomic mass is 16.5. The van der Waals surface area contributed by atoms with Crippen LogP contribution in [0.5, 0.6) is 0 Å². The summed E-state index contributed by atoms with van der Waals surface area (Å²) < 4.78 is 4.62. The largest absolute Gasteiger partial charge is 0.468 e. The molecule has 1 atom stereocenters. The molecule has 0 saturated heterocycles. The lowest BCUT2D eigenvalue weighted by atomic mass is 9.90. The fraction of sp³-hybridized carbons (Fsp3) is 0.455. The first-order valence-corrected chi connectivity index (χ1v) is 4.83. The minimum absolute atomic E-state index is 0.0757. The van der Waals surface area contributed by atoms with E-state index in [9.17, 15) is 9.59 Å².